The van der Waals surface area contributed by atoms with Crippen molar-refractivity contribution in [1.29, 1.82) is 0 Å². The van der Waals surface area contributed by atoms with Crippen LogP contribution in [0.25, 0.3) is 0 Å². The van der Waals surface area contributed by atoms with E-state index in [1.807, 2.05) is 0 Å². The van der Waals surface area contributed by atoms with E-state index in [1.165, 1.54) is 50.1 Å². The summed E-state index contributed by atoms with van der Waals surface area (Å²) >= 11 is 0. The molecule has 0 aliphatic heterocycles. The molecule has 4 aromatic rings. The lowest BCUT2D eigenvalue weighted by Crippen LogP contribution is -2.19. The van der Waals surface area contributed by atoms with Crippen LogP contribution in [0.5, 0.6) is 0 Å². The van der Waals surface area contributed by atoms with Gasteiger partial charge >= 0.3 is 0 Å². The van der Waals surface area contributed by atoms with Crippen molar-refractivity contribution in [3.8, 4) is 0 Å². The van der Waals surface area contributed by atoms with Gasteiger partial charge in [0.2, 0.25) is 0 Å². The number of benzene rings is 1. The van der Waals surface area contributed by atoms with Crippen LogP contribution in [0, 0.1) is 41.5 Å². The van der Waals surface area contributed by atoms with Crippen molar-refractivity contribution < 1.29 is 0 Å². The minimum Gasteiger partial charge on any atom is -0.366 e. The molecular formula is C36H48N6. The van der Waals surface area contributed by atoms with Crippen LogP contribution in [0.1, 0.15) is 87.9 Å². The third-order valence-electron chi connectivity index (χ3n) is 7.88. The Labute approximate surface area is 252 Å². The van der Waals surface area contributed by atoms with Gasteiger partial charge in [0.05, 0.1) is 0 Å². The van der Waals surface area contributed by atoms with E-state index in [2.05, 4.69) is 115 Å². The molecule has 0 spiro atoms. The highest BCUT2D eigenvalue weighted by atomic mass is 15.0. The Morgan fingerprint density at radius 1 is 0.405 bits per heavy atom. The Morgan fingerprint density at radius 2 is 0.667 bits per heavy atom. The van der Waals surface area contributed by atoms with E-state index in [4.69, 9.17) is 15.0 Å². The van der Waals surface area contributed by atoms with Gasteiger partial charge in [0.1, 0.15) is 17.5 Å². The number of rotatable bonds is 12. The molecule has 0 atom stereocenters. The zero-order valence-corrected chi connectivity index (χ0v) is 27.0. The van der Waals surface area contributed by atoms with Gasteiger partial charge in [-0.15, -0.1) is 0 Å². The average molecular weight is 565 g/mol. The van der Waals surface area contributed by atoms with Crippen molar-refractivity contribution in [2.45, 2.75) is 101 Å². The summed E-state index contributed by atoms with van der Waals surface area (Å²) in [6.07, 6.45) is 2.88. The molecule has 0 saturated heterocycles. The molecule has 1 aromatic carbocycles. The highest BCUT2D eigenvalue weighted by Crippen LogP contribution is 2.32. The van der Waals surface area contributed by atoms with Gasteiger partial charge in [-0.1, -0.05) is 20.8 Å². The van der Waals surface area contributed by atoms with Gasteiger partial charge in [-0.3, -0.25) is 0 Å². The first-order chi connectivity index (χ1) is 20.1. The van der Waals surface area contributed by atoms with E-state index in [0.29, 0.717) is 0 Å². The molecule has 0 bridgehead atoms. The predicted molar refractivity (Wildman–Crippen MR) is 178 cm³/mol. The third kappa shape index (κ3) is 7.47. The van der Waals surface area contributed by atoms with Gasteiger partial charge in [0, 0.05) is 36.7 Å². The minimum absolute atomic E-state index is 0.732. The van der Waals surface area contributed by atoms with Crippen LogP contribution in [0.4, 0.5) is 17.5 Å². The van der Waals surface area contributed by atoms with Crippen molar-refractivity contribution in [3.63, 3.8) is 0 Å². The molecule has 0 saturated carbocycles. The summed E-state index contributed by atoms with van der Waals surface area (Å²) < 4.78 is 0. The monoisotopic (exact) mass is 564 g/mol. The minimum atomic E-state index is 0.732. The summed E-state index contributed by atoms with van der Waals surface area (Å²) in [5, 5.41) is 11.1. The predicted octanol–water partition coefficient (Wildman–Crippen LogP) is 8.25. The summed E-state index contributed by atoms with van der Waals surface area (Å²) in [6.45, 7) is 21.6. The zero-order chi connectivity index (χ0) is 30.4. The van der Waals surface area contributed by atoms with Crippen molar-refractivity contribution in [2.75, 3.05) is 16.0 Å². The SMILES string of the molecule is CCc1c(CNc2cc(C)cc(C)n2)c(CC)c(CNc2cc(C)cc(C)n2)c(CC)c1CNc1cc(C)cc(C)n1. The fourth-order valence-corrected chi connectivity index (χ4v) is 6.35. The molecule has 0 amide bonds. The molecule has 4 rings (SSSR count). The topological polar surface area (TPSA) is 74.8 Å². The standard InChI is InChI=1S/C36H48N6/c1-10-28-31(19-37-34-16-22(4)13-25(7)40-34)29(11-2)33(21-39-36-18-24(6)15-27(9)42-36)30(12-3)32(28)20-38-35-17-23(5)14-26(8)41-35/h13-18H,10-12,19-21H2,1-9H3,(H,37,40)(H,38,41)(H,39,42). The van der Waals surface area contributed by atoms with E-state index in [-0.39, 0.29) is 0 Å². The van der Waals surface area contributed by atoms with Crippen LogP contribution in [-0.2, 0) is 38.9 Å². The maximum atomic E-state index is 4.77. The molecule has 0 aliphatic rings. The Balaban J connectivity index is 1.81. The van der Waals surface area contributed by atoms with E-state index < -0.39 is 0 Å². The molecule has 6 nitrogen and oxygen atoms in total. The zero-order valence-electron chi connectivity index (χ0n) is 27.0. The summed E-state index contributed by atoms with van der Waals surface area (Å²) in [7, 11) is 0. The van der Waals surface area contributed by atoms with E-state index in [1.54, 1.807) is 0 Å². The summed E-state index contributed by atoms with van der Waals surface area (Å²) in [5.74, 6) is 2.78. The number of nitrogens with zero attached hydrogens (tertiary/aromatic N) is 3. The van der Waals surface area contributed by atoms with Gasteiger partial charge in [-0.25, -0.2) is 15.0 Å². The highest BCUT2D eigenvalue weighted by Gasteiger charge is 2.22. The first-order valence-electron chi connectivity index (χ1n) is 15.4. The lowest BCUT2D eigenvalue weighted by Gasteiger charge is -2.27. The van der Waals surface area contributed by atoms with E-state index in [0.717, 1.165) is 73.4 Å². The molecule has 3 N–H and O–H groups in total. The van der Waals surface area contributed by atoms with Crippen molar-refractivity contribution >= 4 is 17.5 Å². The Morgan fingerprint density at radius 3 is 0.881 bits per heavy atom. The molecule has 42 heavy (non-hydrogen) atoms. The van der Waals surface area contributed by atoms with Gasteiger partial charge in [-0.2, -0.15) is 0 Å². The van der Waals surface area contributed by atoms with Crippen LogP contribution in [-0.4, -0.2) is 15.0 Å². The fourth-order valence-electron chi connectivity index (χ4n) is 6.35. The summed E-state index contributed by atoms with van der Waals surface area (Å²) in [4.78, 5) is 14.3. The lowest BCUT2D eigenvalue weighted by molar-refractivity contribution is 0.878. The second-order valence-electron chi connectivity index (χ2n) is 11.5. The number of hydrogen-bond acceptors (Lipinski definition) is 6. The molecular weight excluding hydrogens is 516 g/mol. The number of aromatic nitrogens is 3. The molecule has 0 aliphatic carbocycles. The number of pyridine rings is 3. The van der Waals surface area contributed by atoms with Gasteiger partial charge in [0.25, 0.3) is 0 Å². The summed E-state index contributed by atoms with van der Waals surface area (Å²) in [5.41, 5.74) is 15.2. The van der Waals surface area contributed by atoms with Crippen LogP contribution < -0.4 is 16.0 Å². The maximum absolute atomic E-state index is 4.77. The van der Waals surface area contributed by atoms with Crippen molar-refractivity contribution in [2.24, 2.45) is 0 Å². The maximum Gasteiger partial charge on any atom is 0.126 e. The van der Waals surface area contributed by atoms with E-state index in [9.17, 15) is 0 Å². The summed E-state index contributed by atoms with van der Waals surface area (Å²) in [6, 6.07) is 12.7. The normalized spacial score (nSPS) is 11.1. The second kappa shape index (κ2) is 13.8. The van der Waals surface area contributed by atoms with E-state index >= 15 is 0 Å². The van der Waals surface area contributed by atoms with Gasteiger partial charge in [0.15, 0.2) is 0 Å². The highest BCUT2D eigenvalue weighted by molar-refractivity contribution is 5.56. The lowest BCUT2D eigenvalue weighted by atomic mass is 9.83. The second-order valence-corrected chi connectivity index (χ2v) is 11.5. The Hall–Kier alpha value is -3.93. The smallest absolute Gasteiger partial charge is 0.126 e. The van der Waals surface area contributed by atoms with Gasteiger partial charge < -0.3 is 16.0 Å². The number of aryl methyl sites for hydroxylation is 6. The molecule has 3 heterocycles. The molecule has 0 radical (unpaired) electrons. The first-order valence-corrected chi connectivity index (χ1v) is 15.4. The molecule has 222 valence electrons. The van der Waals surface area contributed by atoms with Crippen LogP contribution in [0.3, 0.4) is 0 Å². The fraction of sp³-hybridized carbons (Fsp3) is 0.417. The van der Waals surface area contributed by atoms with Crippen LogP contribution >= 0.6 is 0 Å². The molecule has 0 fully saturated rings. The molecule has 6 heteroatoms. The Bertz CT molecular complexity index is 1290. The third-order valence-corrected chi connectivity index (χ3v) is 7.88. The largest absolute Gasteiger partial charge is 0.366 e. The van der Waals surface area contributed by atoms with Crippen LogP contribution in [0.15, 0.2) is 36.4 Å². The quantitative estimate of drug-likeness (QED) is 0.161. The van der Waals surface area contributed by atoms with Crippen molar-refractivity contribution in [3.05, 3.63) is 104 Å². The molecule has 3 aromatic heterocycles. The number of nitrogens with one attached hydrogen (secondary N) is 3. The Kier molecular flexibility index (Phi) is 10.2. The number of hydrogen-bond donors (Lipinski definition) is 3. The van der Waals surface area contributed by atoms with Gasteiger partial charge in [-0.05, 0) is 147 Å². The van der Waals surface area contributed by atoms with Crippen LogP contribution in [0.2, 0.25) is 0 Å². The molecule has 0 unspecified atom stereocenters. The number of anilines is 3. The average Bonchev–Trinajstić information content (AvgIpc) is 2.91. The van der Waals surface area contributed by atoms with Crippen molar-refractivity contribution in [1.82, 2.24) is 15.0 Å². The first kappa shape index (κ1) is 31.0.